The number of hydrogen-bond acceptors (Lipinski definition) is 8. The normalized spacial score (nSPS) is 13.0. The summed E-state index contributed by atoms with van der Waals surface area (Å²) in [5.41, 5.74) is 4.14. The average Bonchev–Trinajstić information content (AvgIpc) is 3.02. The molecule has 0 aliphatic carbocycles. The number of rotatable bonds is 11. The summed E-state index contributed by atoms with van der Waals surface area (Å²) in [6, 6.07) is 14.0. The highest BCUT2D eigenvalue weighted by atomic mass is 35.5. The third-order valence-electron chi connectivity index (χ3n) is 6.62. The summed E-state index contributed by atoms with van der Waals surface area (Å²) in [6.45, 7) is 15.5. The Morgan fingerprint density at radius 2 is 1.57 bits per heavy atom. The van der Waals surface area contributed by atoms with E-state index in [1.165, 1.54) is 5.56 Å². The van der Waals surface area contributed by atoms with Gasteiger partial charge in [-0.05, 0) is 49.4 Å². The van der Waals surface area contributed by atoms with Crippen molar-refractivity contribution in [3.63, 3.8) is 0 Å². The molecule has 10 heteroatoms. The molecule has 0 radical (unpaired) electrons. The fourth-order valence-electron chi connectivity index (χ4n) is 4.56. The molecule has 1 aliphatic rings. The smallest absolute Gasteiger partial charge is 0.192 e. The Bertz CT molecular complexity index is 1190. The second-order valence-corrected chi connectivity index (χ2v) is 9.96. The SMILES string of the molecule is C=O.CC.CNCc1ccc(Cl)cc1.Cc1cn(CCN(CCO)CCO)c2ccc(CN3CCOCC3)cc2c1=O. The van der Waals surface area contributed by atoms with Crippen LogP contribution in [-0.4, -0.2) is 97.6 Å². The Labute approximate surface area is 255 Å². The maximum absolute atomic E-state index is 12.7. The molecule has 1 saturated heterocycles. The van der Waals surface area contributed by atoms with E-state index in [0.29, 0.717) is 26.2 Å². The van der Waals surface area contributed by atoms with E-state index in [2.05, 4.69) is 20.9 Å². The summed E-state index contributed by atoms with van der Waals surface area (Å²) >= 11 is 5.69. The van der Waals surface area contributed by atoms with Crippen LogP contribution in [0.2, 0.25) is 5.02 Å². The van der Waals surface area contributed by atoms with Crippen molar-refractivity contribution in [2.45, 2.75) is 40.4 Å². The maximum Gasteiger partial charge on any atom is 0.192 e. The molecule has 2 heterocycles. The van der Waals surface area contributed by atoms with Crippen LogP contribution in [-0.2, 0) is 29.2 Å². The van der Waals surface area contributed by atoms with Gasteiger partial charge in [0.1, 0.15) is 6.79 Å². The van der Waals surface area contributed by atoms with E-state index >= 15 is 0 Å². The number of halogens is 1. The number of carbonyl (C=O) groups is 1. The molecule has 0 unspecified atom stereocenters. The van der Waals surface area contributed by atoms with E-state index in [-0.39, 0.29) is 18.6 Å². The number of aromatic nitrogens is 1. The number of carbonyl (C=O) groups excluding carboxylic acids is 1. The molecule has 1 fully saturated rings. The van der Waals surface area contributed by atoms with Gasteiger partial charge in [-0.1, -0.05) is 43.6 Å². The van der Waals surface area contributed by atoms with Gasteiger partial charge in [0.2, 0.25) is 0 Å². The highest BCUT2D eigenvalue weighted by molar-refractivity contribution is 6.30. The summed E-state index contributed by atoms with van der Waals surface area (Å²) in [6.07, 6.45) is 1.91. The van der Waals surface area contributed by atoms with Crippen LogP contribution in [0.15, 0.2) is 53.5 Å². The molecule has 2 aromatic carbocycles. The molecule has 4 rings (SSSR count). The first-order valence-corrected chi connectivity index (χ1v) is 14.9. The average molecular weight is 605 g/mol. The summed E-state index contributed by atoms with van der Waals surface area (Å²) in [5.74, 6) is 0. The van der Waals surface area contributed by atoms with Crippen molar-refractivity contribution in [1.82, 2.24) is 19.7 Å². The molecule has 1 aliphatic heterocycles. The Hall–Kier alpha value is -2.63. The van der Waals surface area contributed by atoms with Crippen molar-refractivity contribution in [1.29, 1.82) is 0 Å². The summed E-state index contributed by atoms with van der Waals surface area (Å²) in [7, 11) is 1.93. The molecule has 0 bridgehead atoms. The predicted octanol–water partition coefficient (Wildman–Crippen LogP) is 3.33. The van der Waals surface area contributed by atoms with E-state index in [9.17, 15) is 15.0 Å². The number of morpholine rings is 1. The molecule has 234 valence electrons. The van der Waals surface area contributed by atoms with Crippen molar-refractivity contribution in [2.24, 2.45) is 0 Å². The molecular formula is C32H49ClN4O5. The van der Waals surface area contributed by atoms with Crippen LogP contribution in [0.4, 0.5) is 0 Å². The van der Waals surface area contributed by atoms with E-state index in [4.69, 9.17) is 21.1 Å². The zero-order valence-corrected chi connectivity index (χ0v) is 26.4. The lowest BCUT2D eigenvalue weighted by Gasteiger charge is -2.26. The lowest BCUT2D eigenvalue weighted by molar-refractivity contribution is -0.0980. The number of pyridine rings is 1. The standard InChI is InChI=1S/C21H31N3O4.C8H10ClN.C2H6.CH2O/c1-17-15-24(5-4-22(6-10-25)7-11-26)20-3-2-18(14-19(20)21(17)27)16-23-8-12-28-13-9-23;1-10-6-7-2-4-8(9)5-3-7;2*1-2/h2-3,14-15,25-26H,4-13,16H2,1H3;2-5,10H,6H2,1H3;1-2H3;1H2. The van der Waals surface area contributed by atoms with Gasteiger partial charge in [-0.3, -0.25) is 14.6 Å². The highest BCUT2D eigenvalue weighted by Gasteiger charge is 2.13. The molecule has 0 saturated carbocycles. The van der Waals surface area contributed by atoms with Gasteiger partial charge in [-0.2, -0.15) is 0 Å². The van der Waals surface area contributed by atoms with E-state index in [1.807, 2.05) is 82.1 Å². The molecule has 42 heavy (non-hydrogen) atoms. The van der Waals surface area contributed by atoms with E-state index in [1.54, 1.807) is 0 Å². The minimum Gasteiger partial charge on any atom is -0.395 e. The van der Waals surface area contributed by atoms with E-state index < -0.39 is 0 Å². The van der Waals surface area contributed by atoms with E-state index in [0.717, 1.165) is 66.4 Å². The first-order chi connectivity index (χ1) is 20.4. The molecule has 9 nitrogen and oxygen atoms in total. The quantitative estimate of drug-likeness (QED) is 0.306. The molecule has 0 atom stereocenters. The zero-order chi connectivity index (χ0) is 31.3. The second-order valence-electron chi connectivity index (χ2n) is 9.52. The first kappa shape index (κ1) is 37.4. The minimum atomic E-state index is 0.0643. The van der Waals surface area contributed by atoms with Crippen LogP contribution in [0.5, 0.6) is 0 Å². The van der Waals surface area contributed by atoms with Crippen LogP contribution in [0, 0.1) is 6.92 Å². The monoisotopic (exact) mass is 604 g/mol. The second kappa shape index (κ2) is 22.0. The topological polar surface area (TPSA) is 107 Å². The number of aryl methyl sites for hydroxylation is 1. The van der Waals surface area contributed by atoms with Crippen LogP contribution in [0.25, 0.3) is 10.9 Å². The van der Waals surface area contributed by atoms with Gasteiger partial charge in [0.25, 0.3) is 0 Å². The molecule has 3 N–H and O–H groups in total. The lowest BCUT2D eigenvalue weighted by atomic mass is 10.1. The summed E-state index contributed by atoms with van der Waals surface area (Å²) in [4.78, 5) is 25.1. The number of benzene rings is 2. The first-order valence-electron chi connectivity index (χ1n) is 14.5. The summed E-state index contributed by atoms with van der Waals surface area (Å²) in [5, 5.41) is 23.0. The highest BCUT2D eigenvalue weighted by Crippen LogP contribution is 2.17. The van der Waals surface area contributed by atoms with Crippen LogP contribution in [0.1, 0.15) is 30.5 Å². The van der Waals surface area contributed by atoms with Crippen molar-refractivity contribution in [3.8, 4) is 0 Å². The minimum absolute atomic E-state index is 0.0643. The van der Waals surface area contributed by atoms with Crippen LogP contribution < -0.4 is 10.7 Å². The van der Waals surface area contributed by atoms with Crippen molar-refractivity contribution >= 4 is 29.3 Å². The Balaban J connectivity index is 0.000000526. The number of hydrogen-bond donors (Lipinski definition) is 3. The Morgan fingerprint density at radius 3 is 2.14 bits per heavy atom. The van der Waals surface area contributed by atoms with Gasteiger partial charge in [-0.25, -0.2) is 0 Å². The molecule has 0 amide bonds. The van der Waals surface area contributed by atoms with Gasteiger partial charge in [0.15, 0.2) is 5.43 Å². The maximum atomic E-state index is 12.7. The molecule has 3 aromatic rings. The third kappa shape index (κ3) is 12.7. The fraction of sp³-hybridized carbons (Fsp3) is 0.500. The Kier molecular flexibility index (Phi) is 19.6. The molecule has 0 spiro atoms. The van der Waals surface area contributed by atoms with Crippen LogP contribution >= 0.6 is 11.6 Å². The number of nitrogens with one attached hydrogen (secondary N) is 1. The summed E-state index contributed by atoms with van der Waals surface area (Å²) < 4.78 is 7.51. The third-order valence-corrected chi connectivity index (χ3v) is 6.87. The largest absolute Gasteiger partial charge is 0.395 e. The molecular weight excluding hydrogens is 556 g/mol. The predicted molar refractivity (Wildman–Crippen MR) is 172 cm³/mol. The van der Waals surface area contributed by atoms with Gasteiger partial charge in [0, 0.05) is 74.5 Å². The Morgan fingerprint density at radius 1 is 0.976 bits per heavy atom. The number of aliphatic hydroxyl groups is 2. The van der Waals surface area contributed by atoms with Gasteiger partial charge in [0.05, 0.1) is 31.9 Å². The van der Waals surface area contributed by atoms with Crippen molar-refractivity contribution < 1.29 is 19.7 Å². The van der Waals surface area contributed by atoms with Crippen molar-refractivity contribution in [2.75, 3.05) is 66.2 Å². The fourth-order valence-corrected chi connectivity index (χ4v) is 4.69. The van der Waals surface area contributed by atoms with Crippen molar-refractivity contribution in [3.05, 3.63) is 80.6 Å². The number of aliphatic hydroxyl groups excluding tert-OH is 2. The van der Waals surface area contributed by atoms with Gasteiger partial charge in [-0.15, -0.1) is 0 Å². The lowest BCUT2D eigenvalue weighted by Crippen LogP contribution is -2.35. The zero-order valence-electron chi connectivity index (χ0n) is 25.6. The van der Waals surface area contributed by atoms with Gasteiger partial charge < -0.3 is 29.6 Å². The number of ether oxygens (including phenoxy) is 1. The molecule has 1 aromatic heterocycles. The van der Waals surface area contributed by atoms with Gasteiger partial charge >= 0.3 is 0 Å². The van der Waals surface area contributed by atoms with Crippen LogP contribution in [0.3, 0.4) is 0 Å². The number of nitrogens with zero attached hydrogens (tertiary/aromatic N) is 3. The number of fused-ring (bicyclic) bond motifs is 1.